The summed E-state index contributed by atoms with van der Waals surface area (Å²) in [6, 6.07) is 1.68. The standard InChI is InChI=1S/C14H28N2/c1-4-14(2,3)11-15-12-7-9-16-8-5-6-13(16)10-12/h12-13,15H,4-11H2,1-3H3. The Labute approximate surface area is 101 Å². The third-order valence-corrected chi connectivity index (χ3v) is 4.65. The second-order valence-electron chi connectivity index (χ2n) is 6.45. The number of nitrogens with one attached hydrogen (secondary N) is 1. The van der Waals surface area contributed by atoms with E-state index in [0.717, 1.165) is 12.1 Å². The summed E-state index contributed by atoms with van der Waals surface area (Å²) < 4.78 is 0. The van der Waals surface area contributed by atoms with Gasteiger partial charge < -0.3 is 10.2 Å². The zero-order chi connectivity index (χ0) is 11.6. The largest absolute Gasteiger partial charge is 0.313 e. The normalized spacial score (nSPS) is 31.7. The predicted molar refractivity (Wildman–Crippen MR) is 69.7 cm³/mol. The number of nitrogens with zero attached hydrogens (tertiary/aromatic N) is 1. The molecule has 0 aromatic rings. The van der Waals surface area contributed by atoms with Gasteiger partial charge in [0.05, 0.1) is 0 Å². The molecule has 0 amide bonds. The van der Waals surface area contributed by atoms with Crippen LogP contribution in [-0.4, -0.2) is 36.6 Å². The molecular formula is C14H28N2. The van der Waals surface area contributed by atoms with E-state index in [2.05, 4.69) is 31.0 Å². The van der Waals surface area contributed by atoms with Crippen LogP contribution in [0, 0.1) is 5.41 Å². The fraction of sp³-hybridized carbons (Fsp3) is 1.00. The van der Waals surface area contributed by atoms with Gasteiger partial charge in [0.1, 0.15) is 0 Å². The van der Waals surface area contributed by atoms with Gasteiger partial charge in [-0.1, -0.05) is 20.8 Å². The Morgan fingerprint density at radius 3 is 2.81 bits per heavy atom. The lowest BCUT2D eigenvalue weighted by Gasteiger charge is -2.37. The predicted octanol–water partition coefficient (Wildman–Crippen LogP) is 2.64. The molecule has 2 fully saturated rings. The van der Waals surface area contributed by atoms with Gasteiger partial charge in [-0.05, 0) is 50.6 Å². The fourth-order valence-electron chi connectivity index (χ4n) is 2.96. The molecule has 2 nitrogen and oxygen atoms in total. The molecule has 2 unspecified atom stereocenters. The van der Waals surface area contributed by atoms with E-state index >= 15 is 0 Å². The molecule has 2 rings (SSSR count). The van der Waals surface area contributed by atoms with Crippen molar-refractivity contribution in [2.45, 2.75) is 65.0 Å². The van der Waals surface area contributed by atoms with Crippen molar-refractivity contribution in [3.05, 3.63) is 0 Å². The molecule has 2 saturated heterocycles. The number of hydrogen-bond donors (Lipinski definition) is 1. The Hall–Kier alpha value is -0.0800. The van der Waals surface area contributed by atoms with E-state index in [1.807, 2.05) is 0 Å². The molecule has 0 spiro atoms. The molecular weight excluding hydrogens is 196 g/mol. The van der Waals surface area contributed by atoms with E-state index < -0.39 is 0 Å². The highest BCUT2D eigenvalue weighted by molar-refractivity contribution is 4.89. The van der Waals surface area contributed by atoms with Gasteiger partial charge in [0.25, 0.3) is 0 Å². The highest BCUT2D eigenvalue weighted by Crippen LogP contribution is 2.27. The first-order valence-corrected chi connectivity index (χ1v) is 7.08. The lowest BCUT2D eigenvalue weighted by atomic mass is 9.89. The van der Waals surface area contributed by atoms with Crippen molar-refractivity contribution in [3.63, 3.8) is 0 Å². The Balaban J connectivity index is 1.75. The van der Waals surface area contributed by atoms with Crippen LogP contribution in [0.4, 0.5) is 0 Å². The van der Waals surface area contributed by atoms with Crippen molar-refractivity contribution in [1.29, 1.82) is 0 Å². The quantitative estimate of drug-likeness (QED) is 0.790. The van der Waals surface area contributed by atoms with Crippen molar-refractivity contribution < 1.29 is 0 Å². The van der Waals surface area contributed by atoms with Crippen molar-refractivity contribution in [3.8, 4) is 0 Å². The molecule has 2 aliphatic rings. The summed E-state index contributed by atoms with van der Waals surface area (Å²) >= 11 is 0. The molecule has 0 aromatic carbocycles. The van der Waals surface area contributed by atoms with E-state index in [1.165, 1.54) is 51.7 Å². The summed E-state index contributed by atoms with van der Waals surface area (Å²) in [5, 5.41) is 3.80. The first-order valence-electron chi connectivity index (χ1n) is 7.08. The van der Waals surface area contributed by atoms with E-state index in [-0.39, 0.29) is 0 Å². The maximum Gasteiger partial charge on any atom is 0.0111 e. The van der Waals surface area contributed by atoms with Gasteiger partial charge in [0.15, 0.2) is 0 Å². The topological polar surface area (TPSA) is 15.3 Å². The highest BCUT2D eigenvalue weighted by Gasteiger charge is 2.31. The van der Waals surface area contributed by atoms with E-state index in [9.17, 15) is 0 Å². The van der Waals surface area contributed by atoms with Crippen molar-refractivity contribution in [1.82, 2.24) is 10.2 Å². The zero-order valence-corrected chi connectivity index (χ0v) is 11.3. The Bertz CT molecular complexity index is 225. The van der Waals surface area contributed by atoms with E-state index in [4.69, 9.17) is 0 Å². The molecule has 2 atom stereocenters. The molecule has 16 heavy (non-hydrogen) atoms. The van der Waals surface area contributed by atoms with E-state index in [1.54, 1.807) is 0 Å². The average Bonchev–Trinajstić information content (AvgIpc) is 2.73. The van der Waals surface area contributed by atoms with Crippen LogP contribution in [0.1, 0.15) is 52.9 Å². The maximum atomic E-state index is 3.80. The van der Waals surface area contributed by atoms with Crippen LogP contribution in [0.3, 0.4) is 0 Å². The Morgan fingerprint density at radius 2 is 2.06 bits per heavy atom. The second kappa shape index (κ2) is 5.05. The second-order valence-corrected chi connectivity index (χ2v) is 6.45. The summed E-state index contributed by atoms with van der Waals surface area (Å²) in [7, 11) is 0. The van der Waals surface area contributed by atoms with Gasteiger partial charge >= 0.3 is 0 Å². The Morgan fingerprint density at radius 1 is 1.25 bits per heavy atom. The number of hydrogen-bond acceptors (Lipinski definition) is 2. The van der Waals surface area contributed by atoms with Crippen molar-refractivity contribution in [2.75, 3.05) is 19.6 Å². The van der Waals surface area contributed by atoms with Crippen LogP contribution in [0.5, 0.6) is 0 Å². The lowest BCUT2D eigenvalue weighted by molar-refractivity contribution is 0.158. The molecule has 1 N–H and O–H groups in total. The summed E-state index contributed by atoms with van der Waals surface area (Å²) in [5.41, 5.74) is 0.465. The maximum absolute atomic E-state index is 3.80. The minimum Gasteiger partial charge on any atom is -0.313 e. The molecule has 0 aromatic heterocycles. The number of rotatable bonds is 4. The third kappa shape index (κ3) is 2.98. The minimum absolute atomic E-state index is 0.465. The summed E-state index contributed by atoms with van der Waals surface area (Å²) in [5.74, 6) is 0. The zero-order valence-electron chi connectivity index (χ0n) is 11.3. The first kappa shape index (κ1) is 12.4. The molecule has 0 aliphatic carbocycles. The summed E-state index contributed by atoms with van der Waals surface area (Å²) in [6.07, 6.45) is 6.88. The van der Waals surface area contributed by atoms with Crippen LogP contribution in [0.15, 0.2) is 0 Å². The number of fused-ring (bicyclic) bond motifs is 1. The molecule has 0 radical (unpaired) electrons. The average molecular weight is 224 g/mol. The van der Waals surface area contributed by atoms with Gasteiger partial charge in [0.2, 0.25) is 0 Å². The fourth-order valence-corrected chi connectivity index (χ4v) is 2.96. The van der Waals surface area contributed by atoms with Crippen LogP contribution in [0.2, 0.25) is 0 Å². The molecule has 0 saturated carbocycles. The van der Waals surface area contributed by atoms with Gasteiger partial charge in [-0.25, -0.2) is 0 Å². The van der Waals surface area contributed by atoms with Gasteiger partial charge in [-0.2, -0.15) is 0 Å². The summed E-state index contributed by atoms with van der Waals surface area (Å²) in [6.45, 7) is 10.9. The third-order valence-electron chi connectivity index (χ3n) is 4.65. The van der Waals surface area contributed by atoms with Crippen LogP contribution >= 0.6 is 0 Å². The van der Waals surface area contributed by atoms with Gasteiger partial charge in [-0.3, -0.25) is 0 Å². The Kier molecular flexibility index (Phi) is 3.91. The highest BCUT2D eigenvalue weighted by atomic mass is 15.2. The van der Waals surface area contributed by atoms with Crippen molar-refractivity contribution in [2.24, 2.45) is 5.41 Å². The number of piperidine rings is 1. The van der Waals surface area contributed by atoms with Gasteiger partial charge in [0, 0.05) is 18.6 Å². The van der Waals surface area contributed by atoms with Crippen LogP contribution in [-0.2, 0) is 0 Å². The van der Waals surface area contributed by atoms with Crippen molar-refractivity contribution >= 4 is 0 Å². The molecule has 94 valence electrons. The van der Waals surface area contributed by atoms with Crippen LogP contribution in [0.25, 0.3) is 0 Å². The van der Waals surface area contributed by atoms with Crippen LogP contribution < -0.4 is 5.32 Å². The SMILES string of the molecule is CCC(C)(C)CNC1CCN2CCCC2C1. The molecule has 2 heteroatoms. The summed E-state index contributed by atoms with van der Waals surface area (Å²) in [4.78, 5) is 2.70. The minimum atomic E-state index is 0.465. The molecule has 0 bridgehead atoms. The lowest BCUT2D eigenvalue weighted by Crippen LogP contribution is -2.47. The monoisotopic (exact) mass is 224 g/mol. The molecule has 2 aliphatic heterocycles. The van der Waals surface area contributed by atoms with Gasteiger partial charge in [-0.15, -0.1) is 0 Å². The molecule has 2 heterocycles. The smallest absolute Gasteiger partial charge is 0.0111 e. The van der Waals surface area contributed by atoms with E-state index in [0.29, 0.717) is 5.41 Å². The first-order chi connectivity index (χ1) is 7.61.